The number of nitrogens with one attached hydrogen (secondary N) is 1. The maximum atomic E-state index is 12.0. The lowest BCUT2D eigenvalue weighted by atomic mass is 9.83. The summed E-state index contributed by atoms with van der Waals surface area (Å²) in [7, 11) is 0. The average molecular weight is 280 g/mol. The third-order valence-electron chi connectivity index (χ3n) is 5.10. The molecule has 1 N–H and O–H groups in total. The Morgan fingerprint density at radius 2 is 2.10 bits per heavy atom. The number of likely N-dealkylation sites (tertiary alicyclic amines) is 1. The quantitative estimate of drug-likeness (QED) is 0.836. The van der Waals surface area contributed by atoms with Crippen LogP contribution in [0.3, 0.4) is 0 Å². The molecule has 2 aliphatic heterocycles. The van der Waals surface area contributed by atoms with Crippen LogP contribution in [0, 0.1) is 11.8 Å². The normalized spacial score (nSPS) is 33.5. The standard InChI is InChI=1S/C15H24N2O3/c1-10(18)17-6-5-13-11(8-17)9-20-14(13)7-15(19)16-12-3-2-4-12/h11-14H,2-9H2,1H3,(H,16,19)/t11-,13-,14+/m1/s1. The average Bonchev–Trinajstić information content (AvgIpc) is 2.76. The van der Waals surface area contributed by atoms with Crippen molar-refractivity contribution < 1.29 is 14.3 Å². The highest BCUT2D eigenvalue weighted by atomic mass is 16.5. The van der Waals surface area contributed by atoms with Crippen molar-refractivity contribution in [2.24, 2.45) is 11.8 Å². The molecule has 20 heavy (non-hydrogen) atoms. The van der Waals surface area contributed by atoms with Crippen LogP contribution >= 0.6 is 0 Å². The van der Waals surface area contributed by atoms with Gasteiger partial charge in [-0.3, -0.25) is 9.59 Å². The third-order valence-corrected chi connectivity index (χ3v) is 5.10. The van der Waals surface area contributed by atoms with Crippen molar-refractivity contribution in [2.75, 3.05) is 19.7 Å². The molecule has 0 spiro atoms. The predicted octanol–water partition coefficient (Wildman–Crippen LogP) is 0.929. The van der Waals surface area contributed by atoms with Crippen LogP contribution in [0.4, 0.5) is 0 Å². The molecule has 5 heteroatoms. The minimum atomic E-state index is 0.0502. The Hall–Kier alpha value is -1.10. The van der Waals surface area contributed by atoms with Gasteiger partial charge in [0.2, 0.25) is 11.8 Å². The first-order valence-corrected chi connectivity index (χ1v) is 7.80. The Balaban J connectivity index is 1.49. The van der Waals surface area contributed by atoms with E-state index in [1.807, 2.05) is 4.90 Å². The zero-order chi connectivity index (χ0) is 14.1. The summed E-state index contributed by atoms with van der Waals surface area (Å²) >= 11 is 0. The lowest BCUT2D eigenvalue weighted by molar-refractivity contribution is -0.131. The highest BCUT2D eigenvalue weighted by Gasteiger charge is 2.42. The molecule has 3 aliphatic rings. The van der Waals surface area contributed by atoms with Crippen LogP contribution in [0.1, 0.15) is 39.0 Å². The predicted molar refractivity (Wildman–Crippen MR) is 74.0 cm³/mol. The van der Waals surface area contributed by atoms with Crippen LogP contribution in [-0.4, -0.2) is 48.6 Å². The topological polar surface area (TPSA) is 58.6 Å². The highest BCUT2D eigenvalue weighted by Crippen LogP contribution is 2.35. The Labute approximate surface area is 120 Å². The van der Waals surface area contributed by atoms with Crippen molar-refractivity contribution >= 4 is 11.8 Å². The molecule has 0 aromatic carbocycles. The molecule has 3 fully saturated rings. The zero-order valence-electron chi connectivity index (χ0n) is 12.1. The monoisotopic (exact) mass is 280 g/mol. The Morgan fingerprint density at radius 1 is 1.30 bits per heavy atom. The fourth-order valence-corrected chi connectivity index (χ4v) is 3.61. The van der Waals surface area contributed by atoms with Crippen LogP contribution in [0.5, 0.6) is 0 Å². The molecule has 2 saturated heterocycles. The number of fused-ring (bicyclic) bond motifs is 1. The molecule has 0 aromatic rings. The van der Waals surface area contributed by atoms with E-state index >= 15 is 0 Å². The maximum Gasteiger partial charge on any atom is 0.222 e. The van der Waals surface area contributed by atoms with Crippen molar-refractivity contribution in [3.63, 3.8) is 0 Å². The Kier molecular flexibility index (Phi) is 3.96. The second-order valence-corrected chi connectivity index (χ2v) is 6.45. The molecular weight excluding hydrogens is 256 g/mol. The maximum absolute atomic E-state index is 12.0. The van der Waals surface area contributed by atoms with Crippen LogP contribution in [-0.2, 0) is 14.3 Å². The van der Waals surface area contributed by atoms with Gasteiger partial charge in [0.1, 0.15) is 0 Å². The molecule has 0 unspecified atom stereocenters. The van der Waals surface area contributed by atoms with E-state index in [-0.39, 0.29) is 17.9 Å². The van der Waals surface area contributed by atoms with Crippen molar-refractivity contribution in [2.45, 2.75) is 51.2 Å². The molecule has 3 rings (SSSR count). The lowest BCUT2D eigenvalue weighted by Gasteiger charge is -2.35. The molecule has 112 valence electrons. The van der Waals surface area contributed by atoms with Crippen LogP contribution < -0.4 is 5.32 Å². The van der Waals surface area contributed by atoms with Gasteiger partial charge >= 0.3 is 0 Å². The van der Waals surface area contributed by atoms with Crippen LogP contribution in [0.25, 0.3) is 0 Å². The van der Waals surface area contributed by atoms with Gasteiger partial charge in [-0.05, 0) is 31.6 Å². The number of amides is 2. The first kappa shape index (κ1) is 13.9. The van der Waals surface area contributed by atoms with E-state index in [0.29, 0.717) is 30.9 Å². The van der Waals surface area contributed by atoms with E-state index in [4.69, 9.17) is 4.74 Å². The fraction of sp³-hybridized carbons (Fsp3) is 0.867. The number of hydrogen-bond donors (Lipinski definition) is 1. The first-order chi connectivity index (χ1) is 9.63. The van der Waals surface area contributed by atoms with Crippen LogP contribution in [0.15, 0.2) is 0 Å². The van der Waals surface area contributed by atoms with E-state index in [9.17, 15) is 9.59 Å². The minimum absolute atomic E-state index is 0.0502. The Bertz CT molecular complexity index is 395. The summed E-state index contributed by atoms with van der Waals surface area (Å²) < 4.78 is 5.83. The van der Waals surface area contributed by atoms with Crippen molar-refractivity contribution in [3.05, 3.63) is 0 Å². The molecule has 2 heterocycles. The fourth-order valence-electron chi connectivity index (χ4n) is 3.61. The molecule has 1 aliphatic carbocycles. The second kappa shape index (κ2) is 5.72. The molecule has 0 aromatic heterocycles. The van der Waals surface area contributed by atoms with E-state index in [0.717, 1.165) is 32.4 Å². The summed E-state index contributed by atoms with van der Waals surface area (Å²) in [5.74, 6) is 1.14. The van der Waals surface area contributed by atoms with Crippen molar-refractivity contribution in [3.8, 4) is 0 Å². The van der Waals surface area contributed by atoms with E-state index in [1.54, 1.807) is 6.92 Å². The number of piperidine rings is 1. The van der Waals surface area contributed by atoms with Crippen molar-refractivity contribution in [1.82, 2.24) is 10.2 Å². The van der Waals surface area contributed by atoms with Gasteiger partial charge in [-0.15, -0.1) is 0 Å². The van der Waals surface area contributed by atoms with Gasteiger partial charge in [0, 0.05) is 32.0 Å². The molecular formula is C15H24N2O3. The number of carbonyl (C=O) groups excluding carboxylic acids is 2. The van der Waals surface area contributed by atoms with E-state index in [2.05, 4.69) is 5.32 Å². The van der Waals surface area contributed by atoms with E-state index < -0.39 is 0 Å². The number of rotatable bonds is 3. The van der Waals surface area contributed by atoms with Gasteiger partial charge in [0.15, 0.2) is 0 Å². The second-order valence-electron chi connectivity index (χ2n) is 6.45. The molecule has 1 saturated carbocycles. The summed E-state index contributed by atoms with van der Waals surface area (Å²) in [6, 6.07) is 0.402. The first-order valence-electron chi connectivity index (χ1n) is 7.80. The molecule has 0 radical (unpaired) electrons. The highest BCUT2D eigenvalue weighted by molar-refractivity contribution is 5.77. The van der Waals surface area contributed by atoms with Gasteiger partial charge in [-0.2, -0.15) is 0 Å². The largest absolute Gasteiger partial charge is 0.377 e. The number of carbonyl (C=O) groups is 2. The summed E-state index contributed by atoms with van der Waals surface area (Å²) in [5.41, 5.74) is 0. The lowest BCUT2D eigenvalue weighted by Crippen LogP contribution is -2.45. The molecule has 0 bridgehead atoms. The van der Waals surface area contributed by atoms with Gasteiger partial charge in [0.25, 0.3) is 0 Å². The van der Waals surface area contributed by atoms with E-state index in [1.165, 1.54) is 6.42 Å². The number of ether oxygens (including phenoxy) is 1. The van der Waals surface area contributed by atoms with Crippen molar-refractivity contribution in [1.29, 1.82) is 0 Å². The summed E-state index contributed by atoms with van der Waals surface area (Å²) in [6.07, 6.45) is 4.97. The van der Waals surface area contributed by atoms with Crippen LogP contribution in [0.2, 0.25) is 0 Å². The zero-order valence-corrected chi connectivity index (χ0v) is 12.1. The SMILES string of the molecule is CC(=O)N1CC[C@@H]2[C@@H](CO[C@H]2CC(=O)NC2CCC2)C1. The third kappa shape index (κ3) is 2.82. The van der Waals surface area contributed by atoms with Gasteiger partial charge in [-0.25, -0.2) is 0 Å². The molecule has 5 nitrogen and oxygen atoms in total. The summed E-state index contributed by atoms with van der Waals surface area (Å²) in [4.78, 5) is 25.3. The smallest absolute Gasteiger partial charge is 0.222 e. The van der Waals surface area contributed by atoms with Gasteiger partial charge in [0.05, 0.1) is 19.1 Å². The number of nitrogens with zero attached hydrogens (tertiary/aromatic N) is 1. The minimum Gasteiger partial charge on any atom is -0.377 e. The molecule has 3 atom stereocenters. The Morgan fingerprint density at radius 3 is 2.75 bits per heavy atom. The van der Waals surface area contributed by atoms with Gasteiger partial charge < -0.3 is 15.0 Å². The molecule has 2 amide bonds. The summed E-state index contributed by atoms with van der Waals surface area (Å²) in [5, 5.41) is 3.08. The number of hydrogen-bond acceptors (Lipinski definition) is 3. The van der Waals surface area contributed by atoms with Gasteiger partial charge in [-0.1, -0.05) is 0 Å². The summed E-state index contributed by atoms with van der Waals surface area (Å²) in [6.45, 7) is 3.91.